The van der Waals surface area contributed by atoms with Gasteiger partial charge in [-0.05, 0) is 32.1 Å². The number of nitrogens with zero attached hydrogens (tertiary/aromatic N) is 3. The van der Waals surface area contributed by atoms with Crippen molar-refractivity contribution in [3.63, 3.8) is 0 Å². The zero-order valence-electron chi connectivity index (χ0n) is 14.7. The summed E-state index contributed by atoms with van der Waals surface area (Å²) in [5.41, 5.74) is 0. The van der Waals surface area contributed by atoms with Gasteiger partial charge in [-0.15, -0.1) is 0 Å². The van der Waals surface area contributed by atoms with E-state index in [4.69, 9.17) is 4.74 Å². The van der Waals surface area contributed by atoms with Crippen LogP contribution in [0.5, 0.6) is 5.19 Å². The third-order valence-corrected chi connectivity index (χ3v) is 5.89. The second-order valence-corrected chi connectivity index (χ2v) is 7.72. The molecule has 2 fully saturated rings. The average molecular weight is 352 g/mol. The van der Waals surface area contributed by atoms with E-state index < -0.39 is 0 Å². The highest BCUT2D eigenvalue weighted by molar-refractivity contribution is 7.11. The van der Waals surface area contributed by atoms with Gasteiger partial charge in [0, 0.05) is 50.2 Å². The molecular formula is C18H29N3O2S. The number of unbranched alkanes of at least 4 members (excludes halogenated alkanes) is 1. The van der Waals surface area contributed by atoms with Crippen LogP contribution in [0.1, 0.15) is 51.9 Å². The van der Waals surface area contributed by atoms with Gasteiger partial charge in [0.15, 0.2) is 0 Å². The van der Waals surface area contributed by atoms with E-state index in [1.165, 1.54) is 0 Å². The number of ether oxygens (including phenoxy) is 1. The molecule has 0 saturated carbocycles. The standard InChI is InChI=1S/C18H29N3O2S/c1-2-3-4-17(22)21-10-5-15(6-11-21)20-12-7-16(8-13-20)23-18-19-9-14-24-18/h9,14-16H,2-8,10-13H2,1H3. The quantitative estimate of drug-likeness (QED) is 0.790. The second-order valence-electron chi connectivity index (χ2n) is 6.87. The third kappa shape index (κ3) is 4.70. The minimum Gasteiger partial charge on any atom is -0.467 e. The van der Waals surface area contributed by atoms with Crippen LogP contribution in [0.25, 0.3) is 0 Å². The summed E-state index contributed by atoms with van der Waals surface area (Å²) in [6.45, 7) is 6.21. The first-order chi connectivity index (χ1) is 11.8. The number of amides is 1. The molecule has 24 heavy (non-hydrogen) atoms. The summed E-state index contributed by atoms with van der Waals surface area (Å²) >= 11 is 1.57. The van der Waals surface area contributed by atoms with E-state index in [9.17, 15) is 4.79 Å². The minimum atomic E-state index is 0.308. The van der Waals surface area contributed by atoms with E-state index in [0.29, 0.717) is 18.1 Å². The van der Waals surface area contributed by atoms with E-state index in [1.54, 1.807) is 17.5 Å². The van der Waals surface area contributed by atoms with Gasteiger partial charge in [0.2, 0.25) is 5.91 Å². The van der Waals surface area contributed by atoms with E-state index in [-0.39, 0.29) is 0 Å². The van der Waals surface area contributed by atoms with Gasteiger partial charge in [0.05, 0.1) is 0 Å². The van der Waals surface area contributed by atoms with Crippen LogP contribution in [0.4, 0.5) is 0 Å². The Morgan fingerprint density at radius 1 is 1.25 bits per heavy atom. The zero-order valence-corrected chi connectivity index (χ0v) is 15.5. The van der Waals surface area contributed by atoms with Crippen LogP contribution in [0, 0.1) is 0 Å². The predicted molar refractivity (Wildman–Crippen MR) is 96.5 cm³/mol. The molecule has 0 radical (unpaired) electrons. The van der Waals surface area contributed by atoms with Gasteiger partial charge < -0.3 is 9.64 Å². The molecule has 0 N–H and O–H groups in total. The zero-order chi connectivity index (χ0) is 16.8. The molecule has 1 aromatic rings. The highest BCUT2D eigenvalue weighted by Gasteiger charge is 2.30. The van der Waals surface area contributed by atoms with Crippen molar-refractivity contribution in [1.29, 1.82) is 0 Å². The van der Waals surface area contributed by atoms with Crippen LogP contribution in [-0.4, -0.2) is 59.0 Å². The van der Waals surface area contributed by atoms with E-state index in [2.05, 4.69) is 21.7 Å². The monoisotopic (exact) mass is 351 g/mol. The molecule has 0 bridgehead atoms. The summed E-state index contributed by atoms with van der Waals surface area (Å²) in [7, 11) is 0. The van der Waals surface area contributed by atoms with Crippen LogP contribution < -0.4 is 4.74 Å². The summed E-state index contributed by atoms with van der Waals surface area (Å²) in [4.78, 5) is 21.0. The Bertz CT molecular complexity index is 492. The number of hydrogen-bond donors (Lipinski definition) is 0. The first kappa shape index (κ1) is 17.7. The number of hydrogen-bond acceptors (Lipinski definition) is 5. The Morgan fingerprint density at radius 3 is 2.62 bits per heavy atom. The fourth-order valence-corrected chi connectivity index (χ4v) is 4.29. The first-order valence-electron chi connectivity index (χ1n) is 9.34. The predicted octanol–water partition coefficient (Wildman–Crippen LogP) is 3.17. The van der Waals surface area contributed by atoms with Crippen LogP contribution in [-0.2, 0) is 4.79 Å². The molecule has 1 aromatic heterocycles. The highest BCUT2D eigenvalue weighted by Crippen LogP contribution is 2.25. The molecule has 0 aliphatic carbocycles. The molecule has 0 atom stereocenters. The lowest BCUT2D eigenvalue weighted by Gasteiger charge is -2.41. The maximum atomic E-state index is 12.1. The van der Waals surface area contributed by atoms with Crippen LogP contribution in [0.3, 0.4) is 0 Å². The van der Waals surface area contributed by atoms with Gasteiger partial charge in [0.25, 0.3) is 5.19 Å². The summed E-state index contributed by atoms with van der Waals surface area (Å²) in [6.07, 6.45) is 9.34. The Labute approximate surface area is 149 Å². The molecule has 2 aliphatic rings. The van der Waals surface area contributed by atoms with Crippen LogP contribution in [0.2, 0.25) is 0 Å². The highest BCUT2D eigenvalue weighted by atomic mass is 32.1. The fraction of sp³-hybridized carbons (Fsp3) is 0.778. The van der Waals surface area contributed by atoms with Crippen molar-refractivity contribution in [3.8, 4) is 5.19 Å². The molecule has 2 aliphatic heterocycles. The largest absolute Gasteiger partial charge is 0.467 e. The third-order valence-electron chi connectivity index (χ3n) is 5.23. The van der Waals surface area contributed by atoms with Gasteiger partial charge in [-0.25, -0.2) is 4.98 Å². The van der Waals surface area contributed by atoms with Gasteiger partial charge in [-0.3, -0.25) is 9.69 Å². The Morgan fingerprint density at radius 2 is 2.00 bits per heavy atom. The van der Waals surface area contributed by atoms with Gasteiger partial charge in [-0.1, -0.05) is 24.7 Å². The van der Waals surface area contributed by atoms with E-state index in [1.807, 2.05) is 5.38 Å². The lowest BCUT2D eigenvalue weighted by Crippen LogP contribution is -2.50. The van der Waals surface area contributed by atoms with Crippen LogP contribution in [0.15, 0.2) is 11.6 Å². The molecule has 0 unspecified atom stereocenters. The number of aromatic nitrogens is 1. The van der Waals surface area contributed by atoms with E-state index >= 15 is 0 Å². The van der Waals surface area contributed by atoms with Crippen molar-refractivity contribution in [2.45, 2.75) is 64.0 Å². The van der Waals surface area contributed by atoms with Crippen molar-refractivity contribution in [1.82, 2.24) is 14.8 Å². The fourth-order valence-electron chi connectivity index (χ4n) is 3.74. The SMILES string of the molecule is CCCCC(=O)N1CCC(N2CCC(Oc3nccs3)CC2)CC1. The van der Waals surface area contributed by atoms with Gasteiger partial charge in [0.1, 0.15) is 6.10 Å². The van der Waals surface area contributed by atoms with Crippen molar-refractivity contribution < 1.29 is 9.53 Å². The summed E-state index contributed by atoms with van der Waals surface area (Å²) in [5, 5.41) is 2.76. The first-order valence-corrected chi connectivity index (χ1v) is 10.2. The van der Waals surface area contributed by atoms with Crippen molar-refractivity contribution in [2.75, 3.05) is 26.2 Å². The lowest BCUT2D eigenvalue weighted by atomic mass is 9.98. The molecule has 134 valence electrons. The molecule has 3 heterocycles. The number of carbonyl (C=O) groups is 1. The van der Waals surface area contributed by atoms with Gasteiger partial charge >= 0.3 is 0 Å². The molecule has 0 spiro atoms. The molecule has 5 nitrogen and oxygen atoms in total. The molecule has 0 aromatic carbocycles. The molecule has 6 heteroatoms. The number of piperidine rings is 2. The molecule has 2 saturated heterocycles. The van der Waals surface area contributed by atoms with Gasteiger partial charge in [-0.2, -0.15) is 0 Å². The maximum Gasteiger partial charge on any atom is 0.273 e. The summed E-state index contributed by atoms with van der Waals surface area (Å²) in [5.74, 6) is 0.353. The molecular weight excluding hydrogens is 322 g/mol. The second kappa shape index (κ2) is 8.81. The maximum absolute atomic E-state index is 12.1. The number of thiazole rings is 1. The number of rotatable bonds is 6. The van der Waals surface area contributed by atoms with Crippen LogP contribution >= 0.6 is 11.3 Å². The lowest BCUT2D eigenvalue weighted by molar-refractivity contribution is -0.133. The molecule has 3 rings (SSSR count). The molecule has 1 amide bonds. The Hall–Kier alpha value is -1.14. The van der Waals surface area contributed by atoms with Crippen molar-refractivity contribution in [2.24, 2.45) is 0 Å². The van der Waals surface area contributed by atoms with E-state index in [0.717, 1.165) is 76.3 Å². The summed E-state index contributed by atoms with van der Waals surface area (Å²) < 4.78 is 5.94. The normalized spacial score (nSPS) is 21.1. The summed E-state index contributed by atoms with van der Waals surface area (Å²) in [6, 6.07) is 0.640. The van der Waals surface area contributed by atoms with Crippen molar-refractivity contribution in [3.05, 3.63) is 11.6 Å². The average Bonchev–Trinajstić information content (AvgIpc) is 3.13. The minimum absolute atomic E-state index is 0.308. The Balaban J connectivity index is 1.38. The number of carbonyl (C=O) groups excluding carboxylic acids is 1. The smallest absolute Gasteiger partial charge is 0.273 e. The number of likely N-dealkylation sites (tertiary alicyclic amines) is 2. The Kier molecular flexibility index (Phi) is 6.49. The van der Waals surface area contributed by atoms with Crippen molar-refractivity contribution >= 4 is 17.2 Å². The topological polar surface area (TPSA) is 45.7 Å².